The third kappa shape index (κ3) is 7.40. The van der Waals surface area contributed by atoms with Crippen molar-refractivity contribution in [2.24, 2.45) is 11.8 Å². The van der Waals surface area contributed by atoms with Gasteiger partial charge in [0.1, 0.15) is 19.2 Å². The summed E-state index contributed by atoms with van der Waals surface area (Å²) in [4.78, 5) is 37.3. The van der Waals surface area contributed by atoms with Crippen LogP contribution in [0.1, 0.15) is 32.3 Å². The Morgan fingerprint density at radius 2 is 1.90 bits per heavy atom. The molecule has 6 nitrogen and oxygen atoms in total. The fourth-order valence-corrected chi connectivity index (χ4v) is 3.12. The molecule has 0 saturated carbocycles. The van der Waals surface area contributed by atoms with Gasteiger partial charge in [-0.2, -0.15) is 13.2 Å². The highest BCUT2D eigenvalue weighted by molar-refractivity contribution is 5.91. The molecule has 0 spiro atoms. The van der Waals surface area contributed by atoms with Crippen molar-refractivity contribution < 1.29 is 32.3 Å². The summed E-state index contributed by atoms with van der Waals surface area (Å²) in [6.07, 6.45) is -4.52. The van der Waals surface area contributed by atoms with Gasteiger partial charge in [0.2, 0.25) is 11.8 Å². The van der Waals surface area contributed by atoms with E-state index in [9.17, 15) is 27.6 Å². The van der Waals surface area contributed by atoms with Gasteiger partial charge in [-0.05, 0) is 17.9 Å². The average Bonchev–Trinajstić information content (AvgIpc) is 2.98. The maximum absolute atomic E-state index is 12.5. The molecule has 1 heterocycles. The number of benzene rings is 1. The lowest BCUT2D eigenvalue weighted by Crippen LogP contribution is -2.46. The molecule has 0 aromatic heterocycles. The molecule has 1 aliphatic heterocycles. The molecule has 0 bridgehead atoms. The van der Waals surface area contributed by atoms with Gasteiger partial charge in [0.15, 0.2) is 0 Å². The Labute approximate surface area is 167 Å². The number of rotatable bonds is 8. The van der Waals surface area contributed by atoms with E-state index in [1.165, 1.54) is 0 Å². The second-order valence-corrected chi connectivity index (χ2v) is 7.57. The second kappa shape index (κ2) is 9.76. The molecular weight excluding hydrogens is 389 g/mol. The molecule has 1 aromatic rings. The molecular formula is C20H25F3N2O4. The lowest BCUT2D eigenvalue weighted by molar-refractivity contribution is -0.157. The quantitative estimate of drug-likeness (QED) is 0.664. The molecule has 1 aliphatic rings. The van der Waals surface area contributed by atoms with E-state index < -0.39 is 42.5 Å². The van der Waals surface area contributed by atoms with Crippen molar-refractivity contribution in [2.45, 2.75) is 45.5 Å². The summed E-state index contributed by atoms with van der Waals surface area (Å²) < 4.78 is 42.9. The second-order valence-electron chi connectivity index (χ2n) is 7.57. The highest BCUT2D eigenvalue weighted by atomic mass is 19.4. The number of halogens is 3. The number of carbonyl (C=O) groups excluding carboxylic acids is 3. The summed E-state index contributed by atoms with van der Waals surface area (Å²) in [5, 5.41) is 2.56. The fraction of sp³-hybridized carbons (Fsp3) is 0.550. The van der Waals surface area contributed by atoms with Gasteiger partial charge >= 0.3 is 12.1 Å². The molecule has 1 aromatic carbocycles. The number of esters is 1. The van der Waals surface area contributed by atoms with Gasteiger partial charge in [0.25, 0.3) is 0 Å². The van der Waals surface area contributed by atoms with Crippen LogP contribution in [-0.4, -0.2) is 48.0 Å². The molecule has 1 unspecified atom stereocenters. The summed E-state index contributed by atoms with van der Waals surface area (Å²) >= 11 is 0. The smallest absolute Gasteiger partial charge is 0.406 e. The summed E-state index contributed by atoms with van der Waals surface area (Å²) in [6, 6.07) is 8.10. The van der Waals surface area contributed by atoms with Gasteiger partial charge in [-0.15, -0.1) is 0 Å². The van der Waals surface area contributed by atoms with Gasteiger partial charge in [0, 0.05) is 13.0 Å². The van der Waals surface area contributed by atoms with Crippen LogP contribution in [0.25, 0.3) is 0 Å². The Morgan fingerprint density at radius 1 is 1.24 bits per heavy atom. The van der Waals surface area contributed by atoms with Crippen molar-refractivity contribution in [3.8, 4) is 0 Å². The number of nitrogens with one attached hydrogen (secondary N) is 1. The van der Waals surface area contributed by atoms with E-state index in [0.29, 0.717) is 11.3 Å². The van der Waals surface area contributed by atoms with Gasteiger partial charge in [-0.25, -0.2) is 4.79 Å². The van der Waals surface area contributed by atoms with Crippen molar-refractivity contribution in [1.29, 1.82) is 0 Å². The van der Waals surface area contributed by atoms with Gasteiger partial charge in [0.05, 0.1) is 5.92 Å². The number of hydrogen-bond acceptors (Lipinski definition) is 4. The Morgan fingerprint density at radius 3 is 2.48 bits per heavy atom. The van der Waals surface area contributed by atoms with Gasteiger partial charge < -0.3 is 15.0 Å². The minimum Gasteiger partial charge on any atom is -0.459 e. The normalized spacial score (nSPS) is 18.1. The third-order valence-electron chi connectivity index (χ3n) is 4.49. The number of likely N-dealkylation sites (tertiary alicyclic amines) is 1. The largest absolute Gasteiger partial charge is 0.459 e. The Kier molecular flexibility index (Phi) is 7.64. The molecule has 160 valence electrons. The summed E-state index contributed by atoms with van der Waals surface area (Å²) in [7, 11) is 0. The lowest BCUT2D eigenvalue weighted by Gasteiger charge is -2.22. The topological polar surface area (TPSA) is 75.7 Å². The summed E-state index contributed by atoms with van der Waals surface area (Å²) in [5.74, 6) is -2.83. The molecule has 1 saturated heterocycles. The number of nitrogens with zero attached hydrogens (tertiary/aromatic N) is 1. The highest BCUT2D eigenvalue weighted by Gasteiger charge is 2.41. The Hall–Kier alpha value is -2.58. The van der Waals surface area contributed by atoms with Crippen LogP contribution in [0.5, 0.6) is 0 Å². The van der Waals surface area contributed by atoms with Crippen LogP contribution in [0.15, 0.2) is 30.3 Å². The molecule has 2 amide bonds. The molecule has 1 N–H and O–H groups in total. The standard InChI is InChI=1S/C20H25F3N2O4/c1-13(2)8-16(19(28)29-11-14-6-4-3-5-7-14)24-18(27)15-9-17(26)25(10-15)12-20(21,22)23/h3-7,13,15-16H,8-12H2,1-2H3,(H,24,27)/t15?,16-/m0/s1. The number of hydrogen-bond donors (Lipinski definition) is 1. The molecule has 2 rings (SSSR count). The van der Waals surface area contributed by atoms with Crippen LogP contribution in [0.3, 0.4) is 0 Å². The first-order valence-electron chi connectivity index (χ1n) is 9.40. The van der Waals surface area contributed by atoms with Gasteiger partial charge in [-0.1, -0.05) is 44.2 Å². The van der Waals surface area contributed by atoms with Gasteiger partial charge in [-0.3, -0.25) is 9.59 Å². The van der Waals surface area contributed by atoms with E-state index in [1.54, 1.807) is 24.3 Å². The zero-order chi connectivity index (χ0) is 21.6. The van der Waals surface area contributed by atoms with Crippen LogP contribution in [0.4, 0.5) is 13.2 Å². The van der Waals surface area contributed by atoms with E-state index in [0.717, 1.165) is 5.56 Å². The predicted octanol–water partition coefficient (Wildman–Crippen LogP) is 2.67. The SMILES string of the molecule is CC(C)C[C@H](NC(=O)C1CC(=O)N(CC(F)(F)F)C1)C(=O)OCc1ccccc1. The van der Waals surface area contributed by atoms with Crippen LogP contribution in [0.2, 0.25) is 0 Å². The first-order chi connectivity index (χ1) is 13.5. The number of carbonyl (C=O) groups is 3. The highest BCUT2D eigenvalue weighted by Crippen LogP contribution is 2.24. The minimum atomic E-state index is -4.53. The van der Waals surface area contributed by atoms with E-state index in [1.807, 2.05) is 19.9 Å². The molecule has 29 heavy (non-hydrogen) atoms. The Bertz CT molecular complexity index is 722. The minimum absolute atomic E-state index is 0.0470. The van der Waals surface area contributed by atoms with Crippen molar-refractivity contribution >= 4 is 17.8 Å². The van der Waals surface area contributed by atoms with E-state index in [4.69, 9.17) is 4.74 Å². The fourth-order valence-electron chi connectivity index (χ4n) is 3.12. The van der Waals surface area contributed by atoms with Crippen LogP contribution in [-0.2, 0) is 25.7 Å². The Balaban J connectivity index is 1.95. The number of amides is 2. The van der Waals surface area contributed by atoms with Crippen molar-refractivity contribution in [3.63, 3.8) is 0 Å². The molecule has 1 fully saturated rings. The van der Waals surface area contributed by atoms with Crippen LogP contribution < -0.4 is 5.32 Å². The molecule has 0 radical (unpaired) electrons. The first-order valence-corrected chi connectivity index (χ1v) is 9.40. The zero-order valence-electron chi connectivity index (χ0n) is 16.4. The molecule has 2 atom stereocenters. The third-order valence-corrected chi connectivity index (χ3v) is 4.49. The maximum atomic E-state index is 12.5. The average molecular weight is 414 g/mol. The predicted molar refractivity (Wildman–Crippen MR) is 98.4 cm³/mol. The van der Waals surface area contributed by atoms with Crippen molar-refractivity contribution in [2.75, 3.05) is 13.1 Å². The lowest BCUT2D eigenvalue weighted by atomic mass is 10.0. The first kappa shape index (κ1) is 22.7. The van der Waals surface area contributed by atoms with Crippen molar-refractivity contribution in [1.82, 2.24) is 10.2 Å². The zero-order valence-corrected chi connectivity index (χ0v) is 16.4. The van der Waals surface area contributed by atoms with E-state index in [2.05, 4.69) is 5.32 Å². The van der Waals surface area contributed by atoms with E-state index >= 15 is 0 Å². The van der Waals surface area contributed by atoms with Crippen molar-refractivity contribution in [3.05, 3.63) is 35.9 Å². The van der Waals surface area contributed by atoms with Crippen LogP contribution in [0, 0.1) is 11.8 Å². The molecule has 0 aliphatic carbocycles. The number of alkyl halides is 3. The maximum Gasteiger partial charge on any atom is 0.406 e. The van der Waals surface area contributed by atoms with Crippen LogP contribution >= 0.6 is 0 Å². The summed E-state index contributed by atoms with van der Waals surface area (Å²) in [6.45, 7) is 2.08. The van der Waals surface area contributed by atoms with E-state index in [-0.39, 0.29) is 25.5 Å². The molecule has 9 heteroatoms. The monoisotopic (exact) mass is 414 g/mol. The number of ether oxygens (including phenoxy) is 1. The summed E-state index contributed by atoms with van der Waals surface area (Å²) in [5.41, 5.74) is 0.791.